The van der Waals surface area contributed by atoms with E-state index in [1.807, 2.05) is 6.92 Å². The van der Waals surface area contributed by atoms with Crippen LogP contribution in [-0.4, -0.2) is 28.2 Å². The average Bonchev–Trinajstić information content (AvgIpc) is 3.13. The number of ether oxygens (including phenoxy) is 1. The summed E-state index contributed by atoms with van der Waals surface area (Å²) in [6.07, 6.45) is -4.16. The minimum Gasteiger partial charge on any atom is -0.424 e. The molecule has 4 aromatic rings. The zero-order valence-corrected chi connectivity index (χ0v) is 18.4. The number of alkyl halides is 3. The molecule has 10 heteroatoms. The number of halogens is 4. The number of rotatable bonds is 6. The molecule has 0 saturated carbocycles. The quantitative estimate of drug-likeness (QED) is 0.236. The van der Waals surface area contributed by atoms with Gasteiger partial charge in [-0.2, -0.15) is 13.2 Å². The number of fused-ring (bicyclic) bond motifs is 3. The molecule has 0 fully saturated rings. The molecule has 6 nitrogen and oxygen atoms in total. The third kappa shape index (κ3) is 4.44. The highest BCUT2D eigenvalue weighted by molar-refractivity contribution is 6.20. The van der Waals surface area contributed by atoms with Gasteiger partial charge in [0.1, 0.15) is 18.2 Å². The number of hydrogen-bond acceptors (Lipinski definition) is 4. The first kappa shape index (κ1) is 24.2. The molecule has 35 heavy (non-hydrogen) atoms. The monoisotopic (exact) mass is 488 g/mol. The summed E-state index contributed by atoms with van der Waals surface area (Å²) >= 11 is 0. The van der Waals surface area contributed by atoms with Gasteiger partial charge in [0.2, 0.25) is 5.91 Å². The van der Waals surface area contributed by atoms with E-state index in [1.165, 1.54) is 6.07 Å². The Hall–Kier alpha value is -3.92. The molecule has 1 heterocycles. The van der Waals surface area contributed by atoms with Crippen LogP contribution < -0.4 is 10.5 Å². The first-order chi connectivity index (χ1) is 16.5. The van der Waals surface area contributed by atoms with Gasteiger partial charge in [-0.3, -0.25) is 4.79 Å². The Bertz CT molecular complexity index is 1470. The number of nitrogens with two attached hydrogens (primary N) is 1. The number of carbonyl (C=O) groups excluding carboxylic acids is 2. The molecule has 1 aromatic heterocycles. The third-order valence-corrected chi connectivity index (χ3v) is 5.74. The van der Waals surface area contributed by atoms with E-state index in [0.717, 1.165) is 12.1 Å². The number of aliphatic hydroxyl groups excluding tert-OH is 1. The fraction of sp³-hybridized carbons (Fsp3) is 0.200. The minimum atomic E-state index is -4.66. The van der Waals surface area contributed by atoms with Crippen molar-refractivity contribution in [1.82, 2.24) is 4.57 Å². The molecule has 0 aliphatic carbocycles. The highest BCUT2D eigenvalue weighted by Crippen LogP contribution is 2.40. The number of benzene rings is 3. The summed E-state index contributed by atoms with van der Waals surface area (Å²) < 4.78 is 61.4. The number of nitrogens with zero attached hydrogens (tertiary/aromatic N) is 1. The van der Waals surface area contributed by atoms with Gasteiger partial charge < -0.3 is 20.1 Å². The maximum Gasteiger partial charge on any atom is 0.416 e. The summed E-state index contributed by atoms with van der Waals surface area (Å²) in [4.78, 5) is 24.2. The van der Waals surface area contributed by atoms with Crippen molar-refractivity contribution >= 4 is 33.7 Å². The minimum absolute atomic E-state index is 0.0420. The van der Waals surface area contributed by atoms with Crippen LogP contribution in [0, 0.1) is 5.82 Å². The maximum absolute atomic E-state index is 14.6. The molecule has 0 aliphatic rings. The molecule has 0 aliphatic heterocycles. The summed E-state index contributed by atoms with van der Waals surface area (Å²) in [5.41, 5.74) is 5.91. The van der Waals surface area contributed by atoms with Crippen LogP contribution in [0.15, 0.2) is 48.5 Å². The third-order valence-electron chi connectivity index (χ3n) is 5.74. The molecule has 0 spiro atoms. The van der Waals surface area contributed by atoms with Crippen molar-refractivity contribution in [2.75, 3.05) is 6.61 Å². The van der Waals surface area contributed by atoms with E-state index in [0.29, 0.717) is 39.9 Å². The van der Waals surface area contributed by atoms with E-state index in [4.69, 9.17) is 10.5 Å². The number of aryl methyl sites for hydroxylation is 1. The topological polar surface area (TPSA) is 94.6 Å². The Kier molecular flexibility index (Phi) is 6.25. The predicted molar refractivity (Wildman–Crippen MR) is 121 cm³/mol. The zero-order valence-electron chi connectivity index (χ0n) is 18.4. The zero-order chi connectivity index (χ0) is 25.5. The Morgan fingerprint density at radius 1 is 1.06 bits per heavy atom. The fourth-order valence-corrected chi connectivity index (χ4v) is 4.14. The Balaban J connectivity index is 2.08. The molecular weight excluding hydrogens is 468 g/mol. The molecule has 0 unspecified atom stereocenters. The van der Waals surface area contributed by atoms with Gasteiger partial charge >= 0.3 is 12.1 Å². The lowest BCUT2D eigenvalue weighted by Gasteiger charge is -2.13. The van der Waals surface area contributed by atoms with Crippen LogP contribution >= 0.6 is 0 Å². The Labute approximate surface area is 196 Å². The molecule has 0 atom stereocenters. The van der Waals surface area contributed by atoms with Gasteiger partial charge in [-0.25, -0.2) is 9.18 Å². The van der Waals surface area contributed by atoms with Crippen LogP contribution in [0.2, 0.25) is 0 Å². The summed E-state index contributed by atoms with van der Waals surface area (Å²) in [6, 6.07) is 10.1. The van der Waals surface area contributed by atoms with Crippen LogP contribution in [0.3, 0.4) is 0 Å². The van der Waals surface area contributed by atoms with Gasteiger partial charge in [0.25, 0.3) is 0 Å². The van der Waals surface area contributed by atoms with Crippen LogP contribution in [0.4, 0.5) is 17.6 Å². The number of hydrogen-bond donors (Lipinski definition) is 2. The van der Waals surface area contributed by atoms with Crippen LogP contribution in [0.5, 0.6) is 5.75 Å². The lowest BCUT2D eigenvalue weighted by atomic mass is 10.0. The largest absolute Gasteiger partial charge is 0.424 e. The lowest BCUT2D eigenvalue weighted by molar-refractivity contribution is -0.138. The van der Waals surface area contributed by atoms with E-state index >= 15 is 0 Å². The molecule has 0 saturated heterocycles. The van der Waals surface area contributed by atoms with Crippen molar-refractivity contribution < 1.29 is 37.0 Å². The van der Waals surface area contributed by atoms with Gasteiger partial charge in [0.05, 0.1) is 28.5 Å². The van der Waals surface area contributed by atoms with Gasteiger partial charge in [-0.1, -0.05) is 13.0 Å². The molecule has 1 amide bonds. The molecule has 4 rings (SSSR count). The van der Waals surface area contributed by atoms with Crippen molar-refractivity contribution in [1.29, 1.82) is 0 Å². The summed E-state index contributed by atoms with van der Waals surface area (Å²) in [6.45, 7) is 0.639. The second kappa shape index (κ2) is 9.03. The number of primary amides is 1. The SMILES string of the molecule is CCc1cc(OC(=O)CO)c2c3c(C(N)=O)cccc3n(Cc3cc(C(F)(F)F)ccc3F)c2c1. The number of carbonyl (C=O) groups is 2. The second-order valence-electron chi connectivity index (χ2n) is 7.93. The maximum atomic E-state index is 14.6. The van der Waals surface area contributed by atoms with Crippen molar-refractivity contribution in [2.45, 2.75) is 26.1 Å². The lowest BCUT2D eigenvalue weighted by Crippen LogP contribution is -2.13. The van der Waals surface area contributed by atoms with E-state index in [1.54, 1.807) is 28.8 Å². The highest BCUT2D eigenvalue weighted by Gasteiger charge is 2.31. The van der Waals surface area contributed by atoms with Crippen molar-refractivity contribution in [2.24, 2.45) is 5.73 Å². The van der Waals surface area contributed by atoms with Crippen LogP contribution in [0.1, 0.15) is 34.0 Å². The van der Waals surface area contributed by atoms with E-state index in [2.05, 4.69) is 0 Å². The molecule has 3 N–H and O–H groups in total. The van der Waals surface area contributed by atoms with Gasteiger partial charge in [0, 0.05) is 16.5 Å². The Morgan fingerprint density at radius 3 is 2.43 bits per heavy atom. The fourth-order valence-electron chi connectivity index (χ4n) is 4.14. The smallest absolute Gasteiger partial charge is 0.416 e. The van der Waals surface area contributed by atoms with Gasteiger partial charge in [-0.05, 0) is 54.4 Å². The average molecular weight is 488 g/mol. The number of amides is 1. The molecule has 3 aromatic carbocycles. The summed E-state index contributed by atoms with van der Waals surface area (Å²) in [7, 11) is 0. The normalized spacial score (nSPS) is 11.8. The van der Waals surface area contributed by atoms with Gasteiger partial charge in [-0.15, -0.1) is 0 Å². The predicted octanol–water partition coefficient (Wildman–Crippen LogP) is 4.56. The van der Waals surface area contributed by atoms with E-state index in [-0.39, 0.29) is 23.4 Å². The summed E-state index contributed by atoms with van der Waals surface area (Å²) in [5, 5.41) is 9.78. The summed E-state index contributed by atoms with van der Waals surface area (Å²) in [5.74, 6) is -2.52. The van der Waals surface area contributed by atoms with Gasteiger partial charge in [0.15, 0.2) is 0 Å². The molecule has 0 radical (unpaired) electrons. The highest BCUT2D eigenvalue weighted by atomic mass is 19.4. The first-order valence-corrected chi connectivity index (χ1v) is 10.6. The van der Waals surface area contributed by atoms with Crippen molar-refractivity contribution in [3.63, 3.8) is 0 Å². The van der Waals surface area contributed by atoms with E-state index in [9.17, 15) is 32.3 Å². The molecule has 0 bridgehead atoms. The number of aliphatic hydroxyl groups is 1. The molecule has 182 valence electrons. The van der Waals surface area contributed by atoms with E-state index < -0.39 is 36.0 Å². The number of aromatic nitrogens is 1. The second-order valence-corrected chi connectivity index (χ2v) is 7.93. The van der Waals surface area contributed by atoms with Crippen molar-refractivity contribution in [3.05, 3.63) is 76.6 Å². The van der Waals surface area contributed by atoms with Crippen LogP contribution in [-0.2, 0) is 23.9 Å². The standard InChI is InChI=1S/C25H20F4N2O4/c1-2-13-8-19-23(20(9-13)35-21(33)12-32)22-16(24(30)34)4-3-5-18(22)31(19)11-14-10-15(25(27,28)29)6-7-17(14)26/h3-10,32H,2,11-12H2,1H3,(H2,30,34). The van der Waals surface area contributed by atoms with Crippen molar-refractivity contribution in [3.8, 4) is 5.75 Å². The Morgan fingerprint density at radius 2 is 1.80 bits per heavy atom. The number of esters is 1. The first-order valence-electron chi connectivity index (χ1n) is 10.6. The molecular formula is C25H20F4N2O4. The van der Waals surface area contributed by atoms with Crippen LogP contribution in [0.25, 0.3) is 21.8 Å².